The number of nitrogens with zero attached hydrogens (tertiary/aromatic N) is 2. The number of carbonyl (C=O) groups is 2. The Balaban J connectivity index is 1.74. The van der Waals surface area contributed by atoms with Crippen molar-refractivity contribution in [1.29, 1.82) is 0 Å². The van der Waals surface area contributed by atoms with Gasteiger partial charge in [-0.2, -0.15) is 0 Å². The monoisotopic (exact) mass is 322 g/mol. The van der Waals surface area contributed by atoms with Crippen molar-refractivity contribution in [2.45, 2.75) is 19.8 Å². The summed E-state index contributed by atoms with van der Waals surface area (Å²) in [5.74, 6) is 0.830. The van der Waals surface area contributed by atoms with E-state index in [1.807, 2.05) is 4.90 Å². The molecule has 2 aliphatic heterocycles. The second kappa shape index (κ2) is 6.16. The van der Waals surface area contributed by atoms with Crippen LogP contribution in [0.15, 0.2) is 18.2 Å². The lowest BCUT2D eigenvalue weighted by Gasteiger charge is -2.34. The Kier molecular flexibility index (Phi) is 4.25. The van der Waals surface area contributed by atoms with Crippen LogP contribution < -0.4 is 9.64 Å². The van der Waals surface area contributed by atoms with Crippen molar-refractivity contribution in [3.8, 4) is 5.75 Å². The number of hydrogen-bond acceptors (Lipinski definition) is 4. The maximum absolute atomic E-state index is 12.5. The first kappa shape index (κ1) is 15.2. The largest absolute Gasteiger partial charge is 0.423 e. The number of carbonyl (C=O) groups excluding carboxylic acids is 2. The normalized spacial score (nSPS) is 18.9. The molecule has 0 aliphatic carbocycles. The summed E-state index contributed by atoms with van der Waals surface area (Å²) in [4.78, 5) is 27.8. The van der Waals surface area contributed by atoms with Crippen LogP contribution in [0.5, 0.6) is 5.75 Å². The van der Waals surface area contributed by atoms with Gasteiger partial charge in [-0.15, -0.1) is 0 Å². The fourth-order valence-corrected chi connectivity index (χ4v) is 3.05. The first-order valence-electron chi connectivity index (χ1n) is 7.56. The molecule has 1 aromatic rings. The summed E-state index contributed by atoms with van der Waals surface area (Å²) in [7, 11) is 0. The van der Waals surface area contributed by atoms with Gasteiger partial charge >= 0.3 is 5.97 Å². The molecule has 1 saturated heterocycles. The van der Waals surface area contributed by atoms with E-state index in [0.717, 1.165) is 25.9 Å². The molecule has 118 valence electrons. The molecule has 0 N–H and O–H groups in total. The maximum atomic E-state index is 12.5. The summed E-state index contributed by atoms with van der Waals surface area (Å²) in [6, 6.07) is 5.06. The third-order valence-electron chi connectivity index (χ3n) is 4.27. The smallest absolute Gasteiger partial charge is 0.331 e. The Hall–Kier alpha value is -1.75. The van der Waals surface area contributed by atoms with E-state index in [2.05, 4.69) is 6.92 Å². The number of likely N-dealkylation sites (tertiary alicyclic amines) is 1. The number of halogens is 1. The Morgan fingerprint density at radius 2 is 2.09 bits per heavy atom. The lowest BCUT2D eigenvalue weighted by Crippen LogP contribution is -2.47. The van der Waals surface area contributed by atoms with Crippen LogP contribution in [0.3, 0.4) is 0 Å². The molecule has 0 radical (unpaired) electrons. The topological polar surface area (TPSA) is 49.9 Å². The molecule has 0 aromatic heterocycles. The fraction of sp³-hybridized carbons (Fsp3) is 0.500. The van der Waals surface area contributed by atoms with E-state index < -0.39 is 0 Å². The predicted octanol–water partition coefficient (Wildman–Crippen LogP) is 2.32. The molecule has 0 saturated carbocycles. The molecule has 22 heavy (non-hydrogen) atoms. The average molecular weight is 323 g/mol. The molecule has 6 heteroatoms. The molecule has 2 aliphatic rings. The number of anilines is 1. The minimum atomic E-state index is -0.352. The van der Waals surface area contributed by atoms with Crippen molar-refractivity contribution in [3.05, 3.63) is 23.2 Å². The van der Waals surface area contributed by atoms with Crippen LogP contribution in [-0.2, 0) is 9.59 Å². The summed E-state index contributed by atoms with van der Waals surface area (Å²) >= 11 is 6.02. The first-order chi connectivity index (χ1) is 10.5. The molecule has 1 aromatic carbocycles. The van der Waals surface area contributed by atoms with Gasteiger partial charge in [-0.3, -0.25) is 4.79 Å². The number of benzene rings is 1. The zero-order valence-corrected chi connectivity index (χ0v) is 13.3. The summed E-state index contributed by atoms with van der Waals surface area (Å²) in [5.41, 5.74) is 0.700. The molecular weight excluding hydrogens is 304 g/mol. The highest BCUT2D eigenvalue weighted by molar-refractivity contribution is 6.31. The predicted molar refractivity (Wildman–Crippen MR) is 84.3 cm³/mol. The van der Waals surface area contributed by atoms with Crippen molar-refractivity contribution in [2.24, 2.45) is 5.92 Å². The van der Waals surface area contributed by atoms with Gasteiger partial charge < -0.3 is 14.5 Å². The van der Waals surface area contributed by atoms with E-state index in [-0.39, 0.29) is 25.0 Å². The standard InChI is InChI=1S/C16H19ClN2O3/c1-11-4-6-18(7-5-11)15(20)9-19-10-16(21)22-14-3-2-12(17)8-13(14)19/h2-3,8,11H,4-7,9-10H2,1H3. The lowest BCUT2D eigenvalue weighted by atomic mass is 9.99. The molecule has 2 heterocycles. The minimum Gasteiger partial charge on any atom is -0.423 e. The van der Waals surface area contributed by atoms with Crippen LogP contribution >= 0.6 is 11.6 Å². The highest BCUT2D eigenvalue weighted by Gasteiger charge is 2.28. The summed E-state index contributed by atoms with van der Waals surface area (Å²) in [6.45, 7) is 4.04. The third-order valence-corrected chi connectivity index (χ3v) is 4.50. The van der Waals surface area contributed by atoms with Gasteiger partial charge in [0, 0.05) is 18.1 Å². The number of fused-ring (bicyclic) bond motifs is 1. The number of ether oxygens (including phenoxy) is 1. The SMILES string of the molecule is CC1CCN(C(=O)CN2CC(=O)Oc3ccc(Cl)cc32)CC1. The second-order valence-corrected chi connectivity index (χ2v) is 6.44. The van der Waals surface area contributed by atoms with E-state index in [1.54, 1.807) is 23.1 Å². The molecule has 5 nitrogen and oxygen atoms in total. The zero-order chi connectivity index (χ0) is 15.7. The zero-order valence-electron chi connectivity index (χ0n) is 12.5. The van der Waals surface area contributed by atoms with Gasteiger partial charge in [0.1, 0.15) is 6.54 Å². The Morgan fingerprint density at radius 3 is 2.82 bits per heavy atom. The Labute approximate surface area is 134 Å². The minimum absolute atomic E-state index is 0.0486. The third kappa shape index (κ3) is 3.19. The van der Waals surface area contributed by atoms with Gasteiger partial charge in [0.15, 0.2) is 5.75 Å². The molecule has 1 amide bonds. The molecule has 0 unspecified atom stereocenters. The van der Waals surface area contributed by atoms with Gasteiger partial charge in [0.25, 0.3) is 0 Å². The number of amides is 1. The molecule has 0 atom stereocenters. The van der Waals surface area contributed by atoms with Gasteiger partial charge in [-0.25, -0.2) is 4.79 Å². The van der Waals surface area contributed by atoms with Gasteiger partial charge in [-0.05, 0) is 37.0 Å². The molecule has 3 rings (SSSR count). The van der Waals surface area contributed by atoms with Gasteiger partial charge in [0.05, 0.1) is 12.2 Å². The lowest BCUT2D eigenvalue weighted by molar-refractivity contribution is -0.134. The first-order valence-corrected chi connectivity index (χ1v) is 7.93. The number of hydrogen-bond donors (Lipinski definition) is 0. The fourth-order valence-electron chi connectivity index (χ4n) is 2.88. The van der Waals surface area contributed by atoms with Gasteiger partial charge in [0.2, 0.25) is 5.91 Å². The summed E-state index contributed by atoms with van der Waals surface area (Å²) in [6.07, 6.45) is 2.08. The van der Waals surface area contributed by atoms with Crippen LogP contribution in [0, 0.1) is 5.92 Å². The highest BCUT2D eigenvalue weighted by Crippen LogP contribution is 2.34. The highest BCUT2D eigenvalue weighted by atomic mass is 35.5. The number of rotatable bonds is 2. The maximum Gasteiger partial charge on any atom is 0.331 e. The van der Waals surface area contributed by atoms with E-state index in [4.69, 9.17) is 16.3 Å². The van der Waals surface area contributed by atoms with E-state index in [9.17, 15) is 9.59 Å². The molecular formula is C16H19ClN2O3. The van der Waals surface area contributed by atoms with Crippen LogP contribution in [0.25, 0.3) is 0 Å². The Morgan fingerprint density at radius 1 is 1.36 bits per heavy atom. The number of esters is 1. The van der Waals surface area contributed by atoms with E-state index in [1.165, 1.54) is 0 Å². The summed E-state index contributed by atoms with van der Waals surface area (Å²) in [5, 5.41) is 0.556. The van der Waals surface area contributed by atoms with E-state index in [0.29, 0.717) is 22.4 Å². The van der Waals surface area contributed by atoms with E-state index >= 15 is 0 Å². The second-order valence-electron chi connectivity index (χ2n) is 6.01. The van der Waals surface area contributed by atoms with Crippen molar-refractivity contribution < 1.29 is 14.3 Å². The van der Waals surface area contributed by atoms with Gasteiger partial charge in [-0.1, -0.05) is 18.5 Å². The quantitative estimate of drug-likeness (QED) is 0.619. The van der Waals surface area contributed by atoms with Crippen LogP contribution in [0.4, 0.5) is 5.69 Å². The Bertz CT molecular complexity index is 597. The summed E-state index contributed by atoms with van der Waals surface area (Å²) < 4.78 is 5.19. The molecule has 0 bridgehead atoms. The number of piperidine rings is 1. The molecule has 0 spiro atoms. The van der Waals surface area contributed by atoms with Crippen LogP contribution in [0.2, 0.25) is 5.02 Å². The van der Waals surface area contributed by atoms with Crippen molar-refractivity contribution in [1.82, 2.24) is 4.90 Å². The van der Waals surface area contributed by atoms with Crippen molar-refractivity contribution in [2.75, 3.05) is 31.1 Å². The molecule has 1 fully saturated rings. The van der Waals surface area contributed by atoms with Crippen molar-refractivity contribution in [3.63, 3.8) is 0 Å². The van der Waals surface area contributed by atoms with Crippen LogP contribution in [0.1, 0.15) is 19.8 Å². The van der Waals surface area contributed by atoms with Crippen LogP contribution in [-0.4, -0.2) is 43.0 Å². The average Bonchev–Trinajstić information content (AvgIpc) is 2.48. The van der Waals surface area contributed by atoms with Crippen molar-refractivity contribution >= 4 is 29.2 Å².